The van der Waals surface area contributed by atoms with Crippen molar-refractivity contribution < 1.29 is 15.0 Å². The Labute approximate surface area is 78.0 Å². The van der Waals surface area contributed by atoms with E-state index >= 15 is 0 Å². The van der Waals surface area contributed by atoms with Crippen LogP contribution in [0.1, 0.15) is 32.6 Å². The SMILES string of the molecule is CC(O)CNC(=O)C1(O)CCCC1. The normalized spacial score (nSPS) is 22.7. The molecule has 0 aromatic heterocycles. The maximum atomic E-state index is 11.4. The molecule has 1 aliphatic rings. The fraction of sp³-hybridized carbons (Fsp3) is 0.889. The molecule has 3 N–H and O–H groups in total. The van der Waals surface area contributed by atoms with Crippen molar-refractivity contribution in [3.05, 3.63) is 0 Å². The average Bonchev–Trinajstić information content (AvgIpc) is 2.49. The Balaban J connectivity index is 2.38. The van der Waals surface area contributed by atoms with E-state index in [0.29, 0.717) is 12.8 Å². The third kappa shape index (κ3) is 2.67. The van der Waals surface area contributed by atoms with Gasteiger partial charge in [0, 0.05) is 6.54 Å². The molecule has 0 heterocycles. The number of nitrogens with one attached hydrogen (secondary N) is 1. The topological polar surface area (TPSA) is 69.6 Å². The summed E-state index contributed by atoms with van der Waals surface area (Å²) >= 11 is 0. The van der Waals surface area contributed by atoms with E-state index in [1.54, 1.807) is 6.92 Å². The minimum Gasteiger partial charge on any atom is -0.392 e. The summed E-state index contributed by atoms with van der Waals surface area (Å²) in [5.74, 6) is -0.342. The number of amides is 1. The fourth-order valence-corrected chi connectivity index (χ4v) is 1.59. The number of carbonyl (C=O) groups is 1. The van der Waals surface area contributed by atoms with E-state index in [0.717, 1.165) is 12.8 Å². The molecule has 0 saturated heterocycles. The highest BCUT2D eigenvalue weighted by Crippen LogP contribution is 2.29. The van der Waals surface area contributed by atoms with Gasteiger partial charge < -0.3 is 15.5 Å². The molecule has 1 amide bonds. The lowest BCUT2D eigenvalue weighted by molar-refractivity contribution is -0.139. The quantitative estimate of drug-likeness (QED) is 0.572. The summed E-state index contributed by atoms with van der Waals surface area (Å²) < 4.78 is 0. The first-order valence-corrected chi connectivity index (χ1v) is 4.73. The van der Waals surface area contributed by atoms with Crippen LogP contribution in [0.2, 0.25) is 0 Å². The Hall–Kier alpha value is -0.610. The third-order valence-electron chi connectivity index (χ3n) is 2.41. The number of aliphatic hydroxyl groups is 2. The van der Waals surface area contributed by atoms with Gasteiger partial charge in [-0.2, -0.15) is 0 Å². The Morgan fingerprint density at radius 1 is 1.54 bits per heavy atom. The highest BCUT2D eigenvalue weighted by molar-refractivity contribution is 5.85. The molecule has 4 heteroatoms. The molecule has 13 heavy (non-hydrogen) atoms. The molecular weight excluding hydrogens is 170 g/mol. The standard InChI is InChI=1S/C9H17NO3/c1-7(11)6-10-8(12)9(13)4-2-3-5-9/h7,11,13H,2-6H2,1H3,(H,10,12). The molecule has 0 radical (unpaired) electrons. The maximum absolute atomic E-state index is 11.4. The molecule has 1 saturated carbocycles. The summed E-state index contributed by atoms with van der Waals surface area (Å²) in [5, 5.41) is 21.2. The molecule has 76 valence electrons. The van der Waals surface area contributed by atoms with Crippen molar-refractivity contribution in [2.75, 3.05) is 6.54 Å². The zero-order valence-electron chi connectivity index (χ0n) is 7.92. The first kappa shape index (κ1) is 10.5. The molecule has 0 spiro atoms. The highest BCUT2D eigenvalue weighted by atomic mass is 16.3. The van der Waals surface area contributed by atoms with Gasteiger partial charge in [-0.1, -0.05) is 0 Å². The second-order valence-corrected chi connectivity index (χ2v) is 3.80. The van der Waals surface area contributed by atoms with Crippen molar-refractivity contribution in [2.45, 2.75) is 44.3 Å². The van der Waals surface area contributed by atoms with Crippen molar-refractivity contribution in [2.24, 2.45) is 0 Å². The smallest absolute Gasteiger partial charge is 0.252 e. The van der Waals surface area contributed by atoms with Gasteiger partial charge >= 0.3 is 0 Å². The van der Waals surface area contributed by atoms with Crippen LogP contribution in [0.25, 0.3) is 0 Å². The first-order chi connectivity index (χ1) is 6.04. The molecule has 0 aliphatic heterocycles. The Morgan fingerprint density at radius 2 is 2.08 bits per heavy atom. The zero-order valence-corrected chi connectivity index (χ0v) is 7.92. The maximum Gasteiger partial charge on any atom is 0.252 e. The summed E-state index contributed by atoms with van der Waals surface area (Å²) in [6.07, 6.45) is 2.32. The Kier molecular flexibility index (Phi) is 3.27. The Bertz CT molecular complexity index is 185. The second-order valence-electron chi connectivity index (χ2n) is 3.80. The van der Waals surface area contributed by atoms with Gasteiger partial charge in [0.25, 0.3) is 5.91 Å². The monoisotopic (exact) mass is 187 g/mol. The van der Waals surface area contributed by atoms with Crippen LogP contribution in [0.3, 0.4) is 0 Å². The molecule has 0 aromatic carbocycles. The van der Waals surface area contributed by atoms with E-state index in [-0.39, 0.29) is 12.5 Å². The number of aliphatic hydroxyl groups excluding tert-OH is 1. The Morgan fingerprint density at radius 3 is 2.54 bits per heavy atom. The minimum atomic E-state index is -1.17. The molecule has 1 fully saturated rings. The summed E-state index contributed by atoms with van der Waals surface area (Å²) in [6.45, 7) is 1.81. The predicted octanol–water partition coefficient (Wildman–Crippen LogP) is -0.212. The van der Waals surface area contributed by atoms with Crippen molar-refractivity contribution >= 4 is 5.91 Å². The third-order valence-corrected chi connectivity index (χ3v) is 2.41. The van der Waals surface area contributed by atoms with Crippen LogP contribution in [0.4, 0.5) is 0 Å². The largest absolute Gasteiger partial charge is 0.392 e. The van der Waals surface area contributed by atoms with Crippen LogP contribution in [0, 0.1) is 0 Å². The molecule has 1 rings (SSSR count). The number of hydrogen-bond acceptors (Lipinski definition) is 3. The number of carbonyl (C=O) groups excluding carboxylic acids is 1. The predicted molar refractivity (Wildman–Crippen MR) is 48.1 cm³/mol. The molecule has 1 unspecified atom stereocenters. The van der Waals surface area contributed by atoms with E-state index in [2.05, 4.69) is 5.32 Å². The van der Waals surface area contributed by atoms with Crippen molar-refractivity contribution in [1.29, 1.82) is 0 Å². The first-order valence-electron chi connectivity index (χ1n) is 4.73. The van der Waals surface area contributed by atoms with Crippen molar-refractivity contribution in [3.63, 3.8) is 0 Å². The van der Waals surface area contributed by atoms with Crippen LogP contribution in [-0.2, 0) is 4.79 Å². The highest BCUT2D eigenvalue weighted by Gasteiger charge is 2.38. The van der Waals surface area contributed by atoms with E-state index in [1.807, 2.05) is 0 Å². The lowest BCUT2D eigenvalue weighted by atomic mass is 10.0. The molecular formula is C9H17NO3. The van der Waals surface area contributed by atoms with E-state index in [9.17, 15) is 9.90 Å². The van der Waals surface area contributed by atoms with Crippen LogP contribution in [0.5, 0.6) is 0 Å². The number of rotatable bonds is 3. The molecule has 0 bridgehead atoms. The lowest BCUT2D eigenvalue weighted by Gasteiger charge is -2.21. The second kappa shape index (κ2) is 4.07. The van der Waals surface area contributed by atoms with Gasteiger partial charge in [-0.3, -0.25) is 4.79 Å². The summed E-state index contributed by atoms with van der Waals surface area (Å²) in [5.41, 5.74) is -1.17. The molecule has 1 atom stereocenters. The van der Waals surface area contributed by atoms with Crippen LogP contribution in [0.15, 0.2) is 0 Å². The van der Waals surface area contributed by atoms with Crippen LogP contribution >= 0.6 is 0 Å². The van der Waals surface area contributed by atoms with Crippen LogP contribution in [-0.4, -0.2) is 34.4 Å². The van der Waals surface area contributed by atoms with Crippen LogP contribution < -0.4 is 5.32 Å². The molecule has 0 aromatic rings. The summed E-state index contributed by atoms with van der Waals surface area (Å²) in [6, 6.07) is 0. The van der Waals surface area contributed by atoms with Crippen molar-refractivity contribution in [1.82, 2.24) is 5.32 Å². The summed E-state index contributed by atoms with van der Waals surface area (Å²) in [7, 11) is 0. The van der Waals surface area contributed by atoms with Gasteiger partial charge in [0.15, 0.2) is 0 Å². The van der Waals surface area contributed by atoms with E-state index in [1.165, 1.54) is 0 Å². The zero-order chi connectivity index (χ0) is 9.90. The molecule has 4 nitrogen and oxygen atoms in total. The van der Waals surface area contributed by atoms with Gasteiger partial charge in [-0.25, -0.2) is 0 Å². The van der Waals surface area contributed by atoms with Gasteiger partial charge in [-0.05, 0) is 32.6 Å². The minimum absolute atomic E-state index is 0.209. The van der Waals surface area contributed by atoms with Gasteiger partial charge in [0.05, 0.1) is 6.10 Å². The van der Waals surface area contributed by atoms with E-state index < -0.39 is 11.7 Å². The van der Waals surface area contributed by atoms with Gasteiger partial charge in [-0.15, -0.1) is 0 Å². The average molecular weight is 187 g/mol. The van der Waals surface area contributed by atoms with Crippen molar-refractivity contribution in [3.8, 4) is 0 Å². The molecule has 1 aliphatic carbocycles. The van der Waals surface area contributed by atoms with Gasteiger partial charge in [0.1, 0.15) is 5.60 Å². The fourth-order valence-electron chi connectivity index (χ4n) is 1.59. The lowest BCUT2D eigenvalue weighted by Crippen LogP contribution is -2.46. The number of hydrogen-bond donors (Lipinski definition) is 3. The van der Waals surface area contributed by atoms with Gasteiger partial charge in [0.2, 0.25) is 0 Å². The van der Waals surface area contributed by atoms with E-state index in [4.69, 9.17) is 5.11 Å². The summed E-state index contributed by atoms with van der Waals surface area (Å²) in [4.78, 5) is 11.4.